The summed E-state index contributed by atoms with van der Waals surface area (Å²) in [7, 11) is 0. The molecule has 1 heterocycles. The van der Waals surface area contributed by atoms with Gasteiger partial charge in [0.1, 0.15) is 0 Å². The van der Waals surface area contributed by atoms with E-state index in [1.807, 2.05) is 0 Å². The maximum atomic E-state index is 13.2. The van der Waals surface area contributed by atoms with Crippen molar-refractivity contribution in [2.24, 2.45) is 5.92 Å². The number of nitrogens with zero attached hydrogens (tertiary/aromatic N) is 1. The zero-order valence-electron chi connectivity index (χ0n) is 8.55. The van der Waals surface area contributed by atoms with Crippen LogP contribution < -0.4 is 5.43 Å². The maximum absolute atomic E-state index is 13.2. The van der Waals surface area contributed by atoms with E-state index in [2.05, 4.69) is 0 Å². The van der Waals surface area contributed by atoms with E-state index in [1.54, 1.807) is 5.43 Å². The lowest BCUT2D eigenvalue weighted by Gasteiger charge is -2.30. The summed E-state index contributed by atoms with van der Waals surface area (Å²) in [5.41, 5.74) is 0.157. The van der Waals surface area contributed by atoms with Gasteiger partial charge in [-0.15, -0.1) is 0 Å². The Hall–Kier alpha value is -0.640. The average molecular weight is 272 g/mol. The SMILES string of the molecule is CC1(C)NN1C(F)(F)C(C(F)(F)F)C(F)(F)F. The molecular formula is C7H8F8N2. The molecule has 10 heteroatoms. The molecule has 0 spiro atoms. The molecule has 1 N–H and O–H groups in total. The normalized spacial score (nSPS) is 25.2. The Morgan fingerprint density at radius 3 is 1.35 bits per heavy atom. The Balaban J connectivity index is 3.08. The first-order valence-electron chi connectivity index (χ1n) is 4.30. The summed E-state index contributed by atoms with van der Waals surface area (Å²) in [5.74, 6) is -4.73. The molecule has 1 aliphatic rings. The lowest BCUT2D eigenvalue weighted by Crippen LogP contribution is -2.54. The lowest BCUT2D eigenvalue weighted by atomic mass is 10.1. The molecule has 1 fully saturated rings. The molecule has 0 radical (unpaired) electrons. The minimum absolute atomic E-state index is 0.356. The van der Waals surface area contributed by atoms with E-state index in [4.69, 9.17) is 0 Å². The zero-order valence-corrected chi connectivity index (χ0v) is 8.55. The molecule has 1 unspecified atom stereocenters. The van der Waals surface area contributed by atoms with Crippen LogP contribution in [-0.2, 0) is 0 Å². The van der Waals surface area contributed by atoms with Crippen molar-refractivity contribution in [3.8, 4) is 0 Å². The highest BCUT2D eigenvalue weighted by Gasteiger charge is 2.75. The molecule has 2 nitrogen and oxygen atoms in total. The quantitative estimate of drug-likeness (QED) is 0.475. The topological polar surface area (TPSA) is 25.0 Å². The van der Waals surface area contributed by atoms with Gasteiger partial charge in [-0.25, -0.2) is 5.43 Å². The smallest absolute Gasteiger partial charge is 0.228 e. The summed E-state index contributed by atoms with van der Waals surface area (Å²) in [4.78, 5) is 0. The molecule has 102 valence electrons. The number of hydrazine groups is 1. The van der Waals surface area contributed by atoms with Crippen LogP contribution in [0.1, 0.15) is 13.8 Å². The van der Waals surface area contributed by atoms with Gasteiger partial charge >= 0.3 is 18.4 Å². The first-order valence-corrected chi connectivity index (χ1v) is 4.30. The number of rotatable bonds is 2. The van der Waals surface area contributed by atoms with Crippen molar-refractivity contribution in [3.05, 3.63) is 0 Å². The maximum Gasteiger partial charge on any atom is 0.407 e. The highest BCUT2D eigenvalue weighted by atomic mass is 19.4. The van der Waals surface area contributed by atoms with Gasteiger partial charge in [0.15, 0.2) is 0 Å². The molecule has 17 heavy (non-hydrogen) atoms. The van der Waals surface area contributed by atoms with Crippen LogP contribution in [0.25, 0.3) is 0 Å². The van der Waals surface area contributed by atoms with Gasteiger partial charge < -0.3 is 0 Å². The third kappa shape index (κ3) is 2.62. The fraction of sp³-hybridized carbons (Fsp3) is 1.00. The Morgan fingerprint density at radius 1 is 0.882 bits per heavy atom. The van der Waals surface area contributed by atoms with Gasteiger partial charge in [0.25, 0.3) is 0 Å². The van der Waals surface area contributed by atoms with Crippen LogP contribution in [0.4, 0.5) is 35.1 Å². The summed E-state index contributed by atoms with van der Waals surface area (Å²) in [6.07, 6.45) is -12.2. The number of halogens is 8. The van der Waals surface area contributed by atoms with E-state index in [9.17, 15) is 35.1 Å². The van der Waals surface area contributed by atoms with Crippen LogP contribution in [0, 0.1) is 5.92 Å². The molecular weight excluding hydrogens is 264 g/mol. The predicted octanol–water partition coefficient (Wildman–Crippen LogP) is 2.88. The molecule has 0 aromatic rings. The summed E-state index contributed by atoms with van der Waals surface area (Å²) >= 11 is 0. The molecule has 0 amide bonds. The Kier molecular flexibility index (Phi) is 2.92. The van der Waals surface area contributed by atoms with Crippen molar-refractivity contribution in [2.75, 3.05) is 0 Å². The molecule has 0 saturated carbocycles. The largest absolute Gasteiger partial charge is 0.407 e. The average Bonchev–Trinajstić information content (AvgIpc) is 2.51. The molecule has 0 aromatic carbocycles. The van der Waals surface area contributed by atoms with Gasteiger partial charge in [-0.1, -0.05) is 0 Å². The van der Waals surface area contributed by atoms with Crippen molar-refractivity contribution >= 4 is 0 Å². The molecule has 0 bridgehead atoms. The van der Waals surface area contributed by atoms with Crippen molar-refractivity contribution in [3.63, 3.8) is 0 Å². The van der Waals surface area contributed by atoms with E-state index in [0.29, 0.717) is 0 Å². The van der Waals surface area contributed by atoms with Crippen molar-refractivity contribution < 1.29 is 35.1 Å². The van der Waals surface area contributed by atoms with Gasteiger partial charge in [0.2, 0.25) is 5.92 Å². The zero-order chi connectivity index (χ0) is 13.9. The second-order valence-electron chi connectivity index (χ2n) is 4.11. The van der Waals surface area contributed by atoms with Gasteiger partial charge in [0, 0.05) is 0 Å². The molecule has 1 atom stereocenters. The standard InChI is InChI=1S/C7H8F8N2/c1-4(2)16-17(4)7(14,15)3(5(8,9)10)6(11,12)13/h3,16H,1-2H3. The van der Waals surface area contributed by atoms with E-state index in [1.165, 1.54) is 0 Å². The second kappa shape index (κ2) is 3.44. The van der Waals surface area contributed by atoms with E-state index < -0.39 is 30.0 Å². The summed E-state index contributed by atoms with van der Waals surface area (Å²) < 4.78 is 99.0. The van der Waals surface area contributed by atoms with Crippen LogP contribution in [-0.4, -0.2) is 29.1 Å². The summed E-state index contributed by atoms with van der Waals surface area (Å²) in [6.45, 7) is 2.06. The van der Waals surface area contributed by atoms with Crippen LogP contribution in [0.2, 0.25) is 0 Å². The first kappa shape index (κ1) is 14.4. The molecule has 1 saturated heterocycles. The predicted molar refractivity (Wildman–Crippen MR) is 39.6 cm³/mol. The second-order valence-corrected chi connectivity index (χ2v) is 4.11. The van der Waals surface area contributed by atoms with Crippen LogP contribution in [0.5, 0.6) is 0 Å². The highest BCUT2D eigenvalue weighted by Crippen LogP contribution is 2.52. The third-order valence-corrected chi connectivity index (χ3v) is 2.19. The summed E-state index contributed by atoms with van der Waals surface area (Å²) in [6, 6.07) is -5.10. The first-order chi connectivity index (χ1) is 7.21. The Bertz CT molecular complexity index is 290. The number of hydrogen-bond acceptors (Lipinski definition) is 2. The van der Waals surface area contributed by atoms with Crippen LogP contribution >= 0.6 is 0 Å². The summed E-state index contributed by atoms with van der Waals surface area (Å²) in [5, 5.41) is -0.356. The fourth-order valence-corrected chi connectivity index (χ4v) is 1.40. The lowest BCUT2D eigenvalue weighted by molar-refractivity contribution is -0.359. The minimum atomic E-state index is -6.08. The van der Waals surface area contributed by atoms with Crippen molar-refractivity contribution in [1.29, 1.82) is 0 Å². The van der Waals surface area contributed by atoms with Crippen molar-refractivity contribution in [2.45, 2.75) is 37.9 Å². The number of alkyl halides is 8. The van der Waals surface area contributed by atoms with Gasteiger partial charge in [-0.05, 0) is 13.8 Å². The van der Waals surface area contributed by atoms with Crippen molar-refractivity contribution in [1.82, 2.24) is 10.4 Å². The Morgan fingerprint density at radius 2 is 1.18 bits per heavy atom. The van der Waals surface area contributed by atoms with Gasteiger partial charge in [-0.3, -0.25) is 0 Å². The van der Waals surface area contributed by atoms with E-state index in [0.717, 1.165) is 13.8 Å². The molecule has 1 aliphatic heterocycles. The van der Waals surface area contributed by atoms with E-state index in [-0.39, 0.29) is 5.01 Å². The monoisotopic (exact) mass is 272 g/mol. The molecule has 1 rings (SSSR count). The molecule has 0 aliphatic carbocycles. The third-order valence-electron chi connectivity index (χ3n) is 2.19. The minimum Gasteiger partial charge on any atom is -0.228 e. The van der Waals surface area contributed by atoms with E-state index >= 15 is 0 Å². The number of nitrogens with one attached hydrogen (secondary N) is 1. The van der Waals surface area contributed by atoms with Gasteiger partial charge in [0.05, 0.1) is 5.66 Å². The highest BCUT2D eigenvalue weighted by molar-refractivity contribution is 4.99. The van der Waals surface area contributed by atoms with Crippen LogP contribution in [0.15, 0.2) is 0 Å². The Labute approximate surface area is 90.5 Å². The fourth-order valence-electron chi connectivity index (χ4n) is 1.40. The number of hydrogen-bond donors (Lipinski definition) is 1. The van der Waals surface area contributed by atoms with Crippen LogP contribution in [0.3, 0.4) is 0 Å². The van der Waals surface area contributed by atoms with Gasteiger partial charge in [-0.2, -0.15) is 40.1 Å². The molecule has 0 aromatic heterocycles.